The highest BCUT2D eigenvalue weighted by Gasteiger charge is 2.14. The van der Waals surface area contributed by atoms with E-state index in [1.165, 1.54) is 0 Å². The SMILES string of the molecule is C=CCOCCOC(=O)C[C@@H](CN)CC(C)C. The van der Waals surface area contributed by atoms with Crippen LogP contribution in [0.3, 0.4) is 0 Å². The Balaban J connectivity index is 3.64. The molecule has 0 spiro atoms. The van der Waals surface area contributed by atoms with Crippen LogP contribution in [0.4, 0.5) is 0 Å². The third-order valence-electron chi connectivity index (χ3n) is 2.32. The zero-order valence-corrected chi connectivity index (χ0v) is 11.0. The van der Waals surface area contributed by atoms with Crippen LogP contribution in [0, 0.1) is 11.8 Å². The van der Waals surface area contributed by atoms with Crippen LogP contribution in [0.5, 0.6) is 0 Å². The smallest absolute Gasteiger partial charge is 0.306 e. The molecule has 0 aromatic heterocycles. The van der Waals surface area contributed by atoms with Gasteiger partial charge in [0.1, 0.15) is 6.61 Å². The van der Waals surface area contributed by atoms with Crippen molar-refractivity contribution < 1.29 is 14.3 Å². The molecule has 0 saturated carbocycles. The van der Waals surface area contributed by atoms with Crippen molar-refractivity contribution in [1.82, 2.24) is 0 Å². The van der Waals surface area contributed by atoms with Gasteiger partial charge in [-0.25, -0.2) is 0 Å². The Morgan fingerprint density at radius 2 is 2.12 bits per heavy atom. The fourth-order valence-corrected chi connectivity index (χ4v) is 1.61. The van der Waals surface area contributed by atoms with E-state index in [-0.39, 0.29) is 11.9 Å². The van der Waals surface area contributed by atoms with Crippen LogP contribution < -0.4 is 5.73 Å². The first-order valence-electron chi connectivity index (χ1n) is 6.14. The predicted octanol–water partition coefficient (Wildman–Crippen LogP) is 1.74. The molecule has 0 bridgehead atoms. The number of esters is 1. The van der Waals surface area contributed by atoms with Crippen LogP contribution in [0.2, 0.25) is 0 Å². The molecule has 0 radical (unpaired) electrons. The second kappa shape index (κ2) is 10.3. The maximum absolute atomic E-state index is 11.5. The number of hydrogen-bond acceptors (Lipinski definition) is 4. The molecular formula is C13H25NO3. The molecule has 0 unspecified atom stereocenters. The fraction of sp³-hybridized carbons (Fsp3) is 0.769. The molecular weight excluding hydrogens is 218 g/mol. The minimum absolute atomic E-state index is 0.191. The molecule has 1 atom stereocenters. The van der Waals surface area contributed by atoms with E-state index < -0.39 is 0 Å². The highest BCUT2D eigenvalue weighted by atomic mass is 16.6. The van der Waals surface area contributed by atoms with Crippen molar-refractivity contribution in [2.75, 3.05) is 26.4 Å². The van der Waals surface area contributed by atoms with Gasteiger partial charge in [-0.15, -0.1) is 6.58 Å². The van der Waals surface area contributed by atoms with Crippen LogP contribution in [-0.4, -0.2) is 32.3 Å². The van der Waals surface area contributed by atoms with Gasteiger partial charge in [-0.2, -0.15) is 0 Å². The first-order valence-corrected chi connectivity index (χ1v) is 6.14. The highest BCUT2D eigenvalue weighted by Crippen LogP contribution is 2.14. The molecule has 0 aromatic rings. The first kappa shape index (κ1) is 16.1. The van der Waals surface area contributed by atoms with Gasteiger partial charge in [0.2, 0.25) is 0 Å². The van der Waals surface area contributed by atoms with Gasteiger partial charge >= 0.3 is 5.97 Å². The summed E-state index contributed by atoms with van der Waals surface area (Å²) in [6.45, 7) is 9.49. The summed E-state index contributed by atoms with van der Waals surface area (Å²) in [7, 11) is 0. The van der Waals surface area contributed by atoms with Crippen molar-refractivity contribution in [3.63, 3.8) is 0 Å². The van der Waals surface area contributed by atoms with Gasteiger partial charge in [0.15, 0.2) is 0 Å². The third kappa shape index (κ3) is 10.0. The van der Waals surface area contributed by atoms with Crippen molar-refractivity contribution >= 4 is 5.97 Å². The minimum Gasteiger partial charge on any atom is -0.463 e. The summed E-state index contributed by atoms with van der Waals surface area (Å²) in [6, 6.07) is 0. The number of rotatable bonds is 10. The maximum atomic E-state index is 11.5. The largest absolute Gasteiger partial charge is 0.463 e. The zero-order chi connectivity index (χ0) is 13.1. The minimum atomic E-state index is -0.191. The van der Waals surface area contributed by atoms with E-state index in [1.807, 2.05) is 0 Å². The van der Waals surface area contributed by atoms with Gasteiger partial charge in [0.25, 0.3) is 0 Å². The quantitative estimate of drug-likeness (QED) is 0.361. The number of carbonyl (C=O) groups excluding carboxylic acids is 1. The van der Waals surface area contributed by atoms with Crippen molar-refractivity contribution in [1.29, 1.82) is 0 Å². The molecule has 0 fully saturated rings. The standard InChI is InChI=1S/C13H25NO3/c1-4-5-16-6-7-17-13(15)9-12(10-14)8-11(2)3/h4,11-12H,1,5-10,14H2,2-3H3/t12-/m0/s1. The highest BCUT2D eigenvalue weighted by molar-refractivity contribution is 5.69. The Morgan fingerprint density at radius 1 is 1.41 bits per heavy atom. The number of ether oxygens (including phenoxy) is 2. The normalized spacial score (nSPS) is 12.5. The molecule has 0 heterocycles. The number of carbonyl (C=O) groups is 1. The van der Waals surface area contributed by atoms with E-state index in [9.17, 15) is 4.79 Å². The molecule has 0 rings (SSSR count). The van der Waals surface area contributed by atoms with Crippen molar-refractivity contribution in [2.24, 2.45) is 17.6 Å². The molecule has 4 nitrogen and oxygen atoms in total. The molecule has 0 aliphatic carbocycles. The summed E-state index contributed by atoms with van der Waals surface area (Å²) >= 11 is 0. The second-order valence-electron chi connectivity index (χ2n) is 4.52. The predicted molar refractivity (Wildman–Crippen MR) is 68.6 cm³/mol. The summed E-state index contributed by atoms with van der Waals surface area (Å²) in [6.07, 6.45) is 3.02. The Bertz CT molecular complexity index is 217. The molecule has 0 aliphatic heterocycles. The molecule has 0 aromatic carbocycles. The topological polar surface area (TPSA) is 61.5 Å². The Labute approximate surface area is 104 Å². The molecule has 0 aliphatic rings. The van der Waals surface area contributed by atoms with Gasteiger partial charge in [-0.1, -0.05) is 19.9 Å². The lowest BCUT2D eigenvalue weighted by Crippen LogP contribution is -2.22. The van der Waals surface area contributed by atoms with E-state index in [0.717, 1.165) is 6.42 Å². The molecule has 2 N–H and O–H groups in total. The average Bonchev–Trinajstić information content (AvgIpc) is 2.27. The van der Waals surface area contributed by atoms with Gasteiger partial charge in [-0.05, 0) is 24.8 Å². The second-order valence-corrected chi connectivity index (χ2v) is 4.52. The van der Waals surface area contributed by atoms with E-state index in [0.29, 0.717) is 38.7 Å². The van der Waals surface area contributed by atoms with Crippen LogP contribution in [0.1, 0.15) is 26.7 Å². The first-order chi connectivity index (χ1) is 8.10. The van der Waals surface area contributed by atoms with Gasteiger partial charge < -0.3 is 15.2 Å². The van der Waals surface area contributed by atoms with Gasteiger partial charge in [0, 0.05) is 6.42 Å². The van der Waals surface area contributed by atoms with E-state index in [4.69, 9.17) is 15.2 Å². The average molecular weight is 243 g/mol. The number of nitrogens with two attached hydrogens (primary N) is 1. The van der Waals surface area contributed by atoms with Crippen molar-refractivity contribution in [3.8, 4) is 0 Å². The summed E-state index contributed by atoms with van der Waals surface area (Å²) in [5.41, 5.74) is 5.62. The van der Waals surface area contributed by atoms with Gasteiger partial charge in [-0.3, -0.25) is 4.79 Å². The lowest BCUT2D eigenvalue weighted by atomic mass is 9.94. The fourth-order valence-electron chi connectivity index (χ4n) is 1.61. The van der Waals surface area contributed by atoms with Crippen LogP contribution in [0.25, 0.3) is 0 Å². The van der Waals surface area contributed by atoms with Crippen LogP contribution in [-0.2, 0) is 14.3 Å². The Hall–Kier alpha value is -0.870. The summed E-state index contributed by atoms with van der Waals surface area (Å²) in [4.78, 5) is 11.5. The number of hydrogen-bond donors (Lipinski definition) is 1. The van der Waals surface area contributed by atoms with E-state index in [1.54, 1.807) is 6.08 Å². The Kier molecular flexibility index (Phi) is 9.77. The Morgan fingerprint density at radius 3 is 2.65 bits per heavy atom. The van der Waals surface area contributed by atoms with E-state index >= 15 is 0 Å². The summed E-state index contributed by atoms with van der Waals surface area (Å²) in [5.74, 6) is 0.576. The monoisotopic (exact) mass is 243 g/mol. The summed E-state index contributed by atoms with van der Waals surface area (Å²) in [5, 5.41) is 0. The zero-order valence-electron chi connectivity index (χ0n) is 11.0. The van der Waals surface area contributed by atoms with Crippen LogP contribution in [0.15, 0.2) is 12.7 Å². The van der Waals surface area contributed by atoms with E-state index in [2.05, 4.69) is 20.4 Å². The van der Waals surface area contributed by atoms with Gasteiger partial charge in [0.05, 0.1) is 13.2 Å². The van der Waals surface area contributed by atoms with Crippen LogP contribution >= 0.6 is 0 Å². The summed E-state index contributed by atoms with van der Waals surface area (Å²) < 4.78 is 10.2. The van der Waals surface area contributed by atoms with Crippen molar-refractivity contribution in [3.05, 3.63) is 12.7 Å². The molecule has 4 heteroatoms. The maximum Gasteiger partial charge on any atom is 0.306 e. The molecule has 100 valence electrons. The molecule has 0 saturated heterocycles. The molecule has 17 heavy (non-hydrogen) atoms. The van der Waals surface area contributed by atoms with Crippen molar-refractivity contribution in [2.45, 2.75) is 26.7 Å². The lowest BCUT2D eigenvalue weighted by Gasteiger charge is -2.16. The molecule has 0 amide bonds. The lowest BCUT2D eigenvalue weighted by molar-refractivity contribution is -0.146. The third-order valence-corrected chi connectivity index (χ3v) is 2.32.